The maximum Gasteiger partial charge on any atom is 0.167 e. The number of hydrogen-bond donors (Lipinski definition) is 1. The van der Waals surface area contributed by atoms with Crippen LogP contribution in [0.3, 0.4) is 0 Å². The molecule has 0 spiro atoms. The number of aryl methyl sites for hydroxylation is 2. The molecule has 3 heterocycles. The van der Waals surface area contributed by atoms with Crippen molar-refractivity contribution in [1.29, 1.82) is 0 Å². The first-order chi connectivity index (χ1) is 15.0. The van der Waals surface area contributed by atoms with Crippen LogP contribution in [0.1, 0.15) is 50.2 Å². The van der Waals surface area contributed by atoms with E-state index in [1.807, 2.05) is 13.8 Å². The first-order valence-corrected chi connectivity index (χ1v) is 8.99. The lowest BCUT2D eigenvalue weighted by Gasteiger charge is -2.08. The monoisotopic (exact) mass is 369 g/mol. The molecular formula is C20H21N5S. The van der Waals surface area contributed by atoms with Gasteiger partial charge in [-0.05, 0) is 36.5 Å². The Kier molecular flexibility index (Phi) is 2.84. The summed E-state index contributed by atoms with van der Waals surface area (Å²) in [6.07, 6.45) is 1.73. The number of benzene rings is 1. The number of hydrogen-bond acceptors (Lipinski definition) is 6. The lowest BCUT2D eigenvalue weighted by atomic mass is 10.0. The van der Waals surface area contributed by atoms with Gasteiger partial charge < -0.3 is 5.32 Å². The third kappa shape index (κ3) is 2.90. The van der Waals surface area contributed by atoms with E-state index in [0.717, 1.165) is 37.1 Å². The molecule has 0 radical (unpaired) electrons. The van der Waals surface area contributed by atoms with E-state index in [4.69, 9.17) is 8.22 Å². The van der Waals surface area contributed by atoms with E-state index in [-0.39, 0.29) is 5.56 Å². The summed E-state index contributed by atoms with van der Waals surface area (Å²) < 4.78 is 46.6. The molecule has 0 saturated heterocycles. The molecule has 0 aliphatic heterocycles. The van der Waals surface area contributed by atoms with E-state index in [0.29, 0.717) is 12.4 Å². The molecule has 0 saturated carbocycles. The third-order valence-corrected chi connectivity index (χ3v) is 5.56. The summed E-state index contributed by atoms with van der Waals surface area (Å²) in [4.78, 5) is 0.825. The van der Waals surface area contributed by atoms with Crippen molar-refractivity contribution in [2.24, 2.45) is 0 Å². The standard InChI is InChI=1S/C20H21N5S/c1-11(2)15-7-5-14(6-8-15)9-21-19-18-16(10-22-24-19)17-12(3)13(4)23-25-20(17)26-18/h5-8,10-11H,9H2,1-4H3,(H,21,24)/i1D3,2D3. The maximum absolute atomic E-state index is 7.62. The fourth-order valence-corrected chi connectivity index (χ4v) is 3.97. The summed E-state index contributed by atoms with van der Waals surface area (Å²) in [6.45, 7) is -0.878. The van der Waals surface area contributed by atoms with Crippen LogP contribution < -0.4 is 5.32 Å². The molecule has 0 aliphatic rings. The van der Waals surface area contributed by atoms with Crippen LogP contribution in [0.2, 0.25) is 0 Å². The molecule has 0 atom stereocenters. The Hall–Kier alpha value is -2.60. The van der Waals surface area contributed by atoms with Crippen LogP contribution in [0.15, 0.2) is 30.5 Å². The van der Waals surface area contributed by atoms with Crippen LogP contribution >= 0.6 is 11.3 Å². The number of aromatic nitrogens is 4. The van der Waals surface area contributed by atoms with Gasteiger partial charge in [-0.15, -0.1) is 21.5 Å². The largest absolute Gasteiger partial charge is 0.363 e. The van der Waals surface area contributed by atoms with Crippen LogP contribution in [0.25, 0.3) is 20.3 Å². The first-order valence-electron chi connectivity index (χ1n) is 11.2. The molecule has 0 fully saturated rings. The number of nitrogens with zero attached hydrogens (tertiary/aromatic N) is 4. The van der Waals surface area contributed by atoms with Crippen molar-refractivity contribution in [1.82, 2.24) is 20.4 Å². The van der Waals surface area contributed by atoms with Crippen molar-refractivity contribution < 1.29 is 8.22 Å². The van der Waals surface area contributed by atoms with Gasteiger partial charge in [-0.3, -0.25) is 0 Å². The molecule has 6 heteroatoms. The van der Waals surface area contributed by atoms with E-state index in [1.54, 1.807) is 30.5 Å². The summed E-state index contributed by atoms with van der Waals surface area (Å²) in [5.74, 6) is -0.905. The molecule has 0 aliphatic carbocycles. The van der Waals surface area contributed by atoms with Crippen LogP contribution in [0.5, 0.6) is 0 Å². The molecule has 132 valence electrons. The van der Waals surface area contributed by atoms with E-state index >= 15 is 0 Å². The topological polar surface area (TPSA) is 63.6 Å². The van der Waals surface area contributed by atoms with Gasteiger partial charge in [-0.25, -0.2) is 0 Å². The summed E-state index contributed by atoms with van der Waals surface area (Å²) in [5.41, 5.74) is 3.06. The highest BCUT2D eigenvalue weighted by Crippen LogP contribution is 2.37. The van der Waals surface area contributed by atoms with Crippen LogP contribution in [-0.2, 0) is 6.54 Å². The number of fused-ring (bicyclic) bond motifs is 3. The zero-order valence-corrected chi connectivity index (χ0v) is 15.2. The minimum Gasteiger partial charge on any atom is -0.363 e. The molecular weight excluding hydrogens is 342 g/mol. The highest BCUT2D eigenvalue weighted by molar-refractivity contribution is 7.26. The predicted octanol–water partition coefficient (Wildman–Crippen LogP) is 4.99. The minimum atomic E-state index is -2.61. The maximum atomic E-state index is 7.62. The Balaban J connectivity index is 1.60. The van der Waals surface area contributed by atoms with E-state index in [9.17, 15) is 0 Å². The summed E-state index contributed by atoms with van der Waals surface area (Å²) in [7, 11) is 0. The number of rotatable bonds is 4. The molecule has 3 aromatic heterocycles. The Bertz CT molecular complexity index is 1270. The highest BCUT2D eigenvalue weighted by atomic mass is 32.1. The smallest absolute Gasteiger partial charge is 0.167 e. The zero-order valence-electron chi connectivity index (χ0n) is 20.4. The molecule has 26 heavy (non-hydrogen) atoms. The van der Waals surface area contributed by atoms with Gasteiger partial charge in [0, 0.05) is 25.5 Å². The van der Waals surface area contributed by atoms with Crippen molar-refractivity contribution >= 4 is 37.5 Å². The van der Waals surface area contributed by atoms with Gasteiger partial charge >= 0.3 is 0 Å². The number of nitrogens with one attached hydrogen (secondary N) is 1. The van der Waals surface area contributed by atoms with Gasteiger partial charge in [0.2, 0.25) is 0 Å². The second-order valence-corrected chi connectivity index (χ2v) is 7.16. The average molecular weight is 370 g/mol. The zero-order chi connectivity index (χ0) is 23.3. The fourth-order valence-electron chi connectivity index (χ4n) is 2.86. The van der Waals surface area contributed by atoms with Gasteiger partial charge in [0.05, 0.1) is 16.6 Å². The quantitative estimate of drug-likeness (QED) is 0.549. The van der Waals surface area contributed by atoms with Gasteiger partial charge in [-0.2, -0.15) is 10.2 Å². The Labute approximate surface area is 164 Å². The number of anilines is 1. The van der Waals surface area contributed by atoms with Crippen molar-refractivity contribution in [3.8, 4) is 0 Å². The molecule has 0 unspecified atom stereocenters. The third-order valence-electron chi connectivity index (χ3n) is 4.47. The van der Waals surface area contributed by atoms with Crippen molar-refractivity contribution in [2.75, 3.05) is 5.32 Å². The molecule has 1 N–H and O–H groups in total. The van der Waals surface area contributed by atoms with E-state index < -0.39 is 19.6 Å². The molecule has 4 aromatic rings. The highest BCUT2D eigenvalue weighted by Gasteiger charge is 2.15. The Morgan fingerprint density at radius 2 is 1.92 bits per heavy atom. The Morgan fingerprint density at radius 1 is 1.12 bits per heavy atom. The molecule has 0 amide bonds. The second kappa shape index (κ2) is 6.61. The number of thiophene rings is 1. The minimum absolute atomic E-state index is 0.268. The fraction of sp³-hybridized carbons (Fsp3) is 0.300. The molecule has 4 rings (SSSR count). The SMILES string of the molecule is [2H]C([2H])([2H])C(c1ccc(CNc2nncc3c2sc2nnc(C)c(C)c23)cc1)C([2H])([2H])[2H]. The van der Waals surface area contributed by atoms with Crippen molar-refractivity contribution in [2.45, 2.75) is 40.0 Å². The van der Waals surface area contributed by atoms with Gasteiger partial charge in [-0.1, -0.05) is 38.0 Å². The van der Waals surface area contributed by atoms with Gasteiger partial charge in [0.1, 0.15) is 4.83 Å². The van der Waals surface area contributed by atoms with E-state index in [1.165, 1.54) is 11.3 Å². The molecule has 5 nitrogen and oxygen atoms in total. The lowest BCUT2D eigenvalue weighted by molar-refractivity contribution is 0.865. The average Bonchev–Trinajstić information content (AvgIpc) is 3.08. The summed E-state index contributed by atoms with van der Waals surface area (Å²) in [5, 5.41) is 22.1. The first kappa shape index (κ1) is 11.2. The van der Waals surface area contributed by atoms with Gasteiger partial charge in [0.15, 0.2) is 5.82 Å². The Morgan fingerprint density at radius 3 is 2.69 bits per heavy atom. The predicted molar refractivity (Wildman–Crippen MR) is 108 cm³/mol. The van der Waals surface area contributed by atoms with Crippen molar-refractivity contribution in [3.63, 3.8) is 0 Å². The summed E-state index contributed by atoms with van der Waals surface area (Å²) >= 11 is 1.49. The molecule has 1 aromatic carbocycles. The van der Waals surface area contributed by atoms with E-state index in [2.05, 4.69) is 25.7 Å². The normalized spacial score (nSPS) is 16.0. The van der Waals surface area contributed by atoms with Crippen LogP contribution in [-0.4, -0.2) is 20.4 Å². The van der Waals surface area contributed by atoms with Crippen LogP contribution in [0, 0.1) is 13.8 Å². The second-order valence-electron chi connectivity index (χ2n) is 6.16. The van der Waals surface area contributed by atoms with Gasteiger partial charge in [0.25, 0.3) is 0 Å². The lowest BCUT2D eigenvalue weighted by Crippen LogP contribution is -2.02. The van der Waals surface area contributed by atoms with Crippen molar-refractivity contribution in [3.05, 3.63) is 52.8 Å². The molecule has 0 bridgehead atoms. The summed E-state index contributed by atoms with van der Waals surface area (Å²) in [6, 6.07) is 6.58. The van der Waals surface area contributed by atoms with Crippen LogP contribution in [0.4, 0.5) is 5.82 Å².